The first-order chi connectivity index (χ1) is 10.3. The Morgan fingerprint density at radius 3 is 2.36 bits per heavy atom. The Morgan fingerprint density at radius 2 is 1.73 bits per heavy atom. The van der Waals surface area contributed by atoms with Crippen molar-refractivity contribution in [1.29, 1.82) is 0 Å². The molecular weight excluding hydrogens is 345 g/mol. The lowest BCUT2D eigenvalue weighted by atomic mass is 10.2. The Morgan fingerprint density at radius 1 is 1.09 bits per heavy atom. The summed E-state index contributed by atoms with van der Waals surface area (Å²) in [4.78, 5) is 0.131. The van der Waals surface area contributed by atoms with Gasteiger partial charge in [0, 0.05) is 17.6 Å². The SMILES string of the molecule is Cc1ccc(S(=O)(=O)n2ccc3c(O)cc(Cl)c(Cl)c32)cc1. The first kappa shape index (κ1) is 15.2. The van der Waals surface area contributed by atoms with E-state index in [4.69, 9.17) is 23.2 Å². The largest absolute Gasteiger partial charge is 0.507 e. The molecule has 0 saturated carbocycles. The van der Waals surface area contributed by atoms with E-state index in [1.807, 2.05) is 6.92 Å². The van der Waals surface area contributed by atoms with E-state index in [0.717, 1.165) is 9.54 Å². The van der Waals surface area contributed by atoms with Gasteiger partial charge in [-0.25, -0.2) is 12.4 Å². The average molecular weight is 356 g/mol. The monoisotopic (exact) mass is 355 g/mol. The number of phenolic OH excluding ortho intramolecular Hbond substituents is 1. The molecule has 0 bridgehead atoms. The number of phenols is 1. The molecule has 0 aliphatic rings. The third kappa shape index (κ3) is 2.26. The van der Waals surface area contributed by atoms with E-state index < -0.39 is 10.0 Å². The summed E-state index contributed by atoms with van der Waals surface area (Å²) in [5.41, 5.74) is 1.11. The Kier molecular flexibility index (Phi) is 3.59. The Hall–Kier alpha value is -1.69. The Bertz CT molecular complexity index is 976. The van der Waals surface area contributed by atoms with Crippen LogP contribution in [0.2, 0.25) is 10.0 Å². The molecule has 3 rings (SSSR count). The van der Waals surface area contributed by atoms with Crippen LogP contribution in [0.1, 0.15) is 5.56 Å². The van der Waals surface area contributed by atoms with E-state index in [9.17, 15) is 13.5 Å². The maximum absolute atomic E-state index is 12.8. The molecule has 0 aliphatic carbocycles. The highest BCUT2D eigenvalue weighted by Crippen LogP contribution is 2.38. The lowest BCUT2D eigenvalue weighted by molar-refractivity contribution is 0.482. The van der Waals surface area contributed by atoms with Crippen molar-refractivity contribution in [2.45, 2.75) is 11.8 Å². The van der Waals surface area contributed by atoms with E-state index in [0.29, 0.717) is 5.39 Å². The minimum Gasteiger partial charge on any atom is -0.507 e. The number of nitrogens with zero attached hydrogens (tertiary/aromatic N) is 1. The van der Waals surface area contributed by atoms with Crippen LogP contribution in [0.3, 0.4) is 0 Å². The van der Waals surface area contributed by atoms with Gasteiger partial charge < -0.3 is 5.11 Å². The first-order valence-electron chi connectivity index (χ1n) is 6.32. The van der Waals surface area contributed by atoms with Gasteiger partial charge in [0.2, 0.25) is 0 Å². The topological polar surface area (TPSA) is 59.3 Å². The van der Waals surface area contributed by atoms with Gasteiger partial charge in [-0.1, -0.05) is 40.9 Å². The number of aryl methyl sites for hydroxylation is 1. The van der Waals surface area contributed by atoms with E-state index in [1.165, 1.54) is 30.5 Å². The molecule has 0 amide bonds. The molecule has 0 atom stereocenters. The molecule has 4 nitrogen and oxygen atoms in total. The van der Waals surface area contributed by atoms with Gasteiger partial charge in [-0.3, -0.25) is 0 Å². The lowest BCUT2D eigenvalue weighted by Crippen LogP contribution is -2.12. The van der Waals surface area contributed by atoms with Crippen LogP contribution in [0.4, 0.5) is 0 Å². The third-order valence-electron chi connectivity index (χ3n) is 3.39. The number of benzene rings is 2. The van der Waals surface area contributed by atoms with Crippen LogP contribution in [-0.2, 0) is 10.0 Å². The van der Waals surface area contributed by atoms with Crippen LogP contribution >= 0.6 is 23.2 Å². The molecule has 22 heavy (non-hydrogen) atoms. The van der Waals surface area contributed by atoms with Crippen molar-refractivity contribution >= 4 is 44.1 Å². The second-order valence-corrected chi connectivity index (χ2v) is 7.48. The van der Waals surface area contributed by atoms with Crippen LogP contribution in [0, 0.1) is 6.92 Å². The maximum atomic E-state index is 12.8. The van der Waals surface area contributed by atoms with Gasteiger partial charge in [0.15, 0.2) is 0 Å². The molecule has 1 aromatic heterocycles. The van der Waals surface area contributed by atoms with Gasteiger partial charge in [0.1, 0.15) is 5.75 Å². The molecule has 0 radical (unpaired) electrons. The summed E-state index contributed by atoms with van der Waals surface area (Å²) in [7, 11) is -3.83. The van der Waals surface area contributed by atoms with Crippen molar-refractivity contribution in [2.75, 3.05) is 0 Å². The highest BCUT2D eigenvalue weighted by atomic mass is 35.5. The lowest BCUT2D eigenvalue weighted by Gasteiger charge is -2.10. The average Bonchev–Trinajstić information content (AvgIpc) is 2.91. The molecule has 0 fully saturated rings. The fourth-order valence-electron chi connectivity index (χ4n) is 2.23. The highest BCUT2D eigenvalue weighted by molar-refractivity contribution is 7.90. The van der Waals surface area contributed by atoms with Crippen molar-refractivity contribution in [1.82, 2.24) is 3.97 Å². The van der Waals surface area contributed by atoms with Crippen LogP contribution in [0.5, 0.6) is 5.75 Å². The molecular formula is C15H11Cl2NO3S. The van der Waals surface area contributed by atoms with E-state index in [1.54, 1.807) is 12.1 Å². The van der Waals surface area contributed by atoms with Crippen molar-refractivity contribution in [2.24, 2.45) is 0 Å². The summed E-state index contributed by atoms with van der Waals surface area (Å²) >= 11 is 12.1. The van der Waals surface area contributed by atoms with E-state index in [-0.39, 0.29) is 26.2 Å². The van der Waals surface area contributed by atoms with Gasteiger partial charge >= 0.3 is 0 Å². The maximum Gasteiger partial charge on any atom is 0.268 e. The molecule has 1 N–H and O–H groups in total. The van der Waals surface area contributed by atoms with Gasteiger partial charge in [0.25, 0.3) is 10.0 Å². The predicted octanol–water partition coefficient (Wildman–Crippen LogP) is 4.20. The van der Waals surface area contributed by atoms with Gasteiger partial charge in [-0.15, -0.1) is 0 Å². The zero-order chi connectivity index (χ0) is 16.1. The van der Waals surface area contributed by atoms with Crippen LogP contribution in [0.25, 0.3) is 10.9 Å². The van der Waals surface area contributed by atoms with Gasteiger partial charge in [0.05, 0.1) is 20.5 Å². The van der Waals surface area contributed by atoms with Crippen LogP contribution < -0.4 is 0 Å². The fraction of sp³-hybridized carbons (Fsp3) is 0.0667. The number of rotatable bonds is 2. The zero-order valence-electron chi connectivity index (χ0n) is 11.4. The number of aromatic hydroxyl groups is 1. The standard InChI is InChI=1S/C15H11Cl2NO3S/c1-9-2-4-10(5-3-9)22(20,21)18-7-6-11-13(19)8-12(16)14(17)15(11)18/h2-8,19H,1H3. The molecule has 0 saturated heterocycles. The van der Waals surface area contributed by atoms with E-state index >= 15 is 0 Å². The highest BCUT2D eigenvalue weighted by Gasteiger charge is 2.22. The summed E-state index contributed by atoms with van der Waals surface area (Å²) in [6.07, 6.45) is 1.35. The number of fused-ring (bicyclic) bond motifs is 1. The number of hydrogen-bond donors (Lipinski definition) is 1. The zero-order valence-corrected chi connectivity index (χ0v) is 13.7. The van der Waals surface area contributed by atoms with Gasteiger partial charge in [-0.05, 0) is 25.1 Å². The second kappa shape index (κ2) is 5.19. The fourth-order valence-corrected chi connectivity index (χ4v) is 4.08. The molecule has 1 heterocycles. The Balaban J connectivity index is 2.33. The summed E-state index contributed by atoms with van der Waals surface area (Å²) in [5.74, 6) is -0.123. The summed E-state index contributed by atoms with van der Waals surface area (Å²) < 4.78 is 26.6. The summed E-state index contributed by atoms with van der Waals surface area (Å²) in [5, 5.41) is 10.4. The van der Waals surface area contributed by atoms with Crippen molar-refractivity contribution in [3.8, 4) is 5.75 Å². The minimum atomic E-state index is -3.83. The van der Waals surface area contributed by atoms with Crippen molar-refractivity contribution < 1.29 is 13.5 Å². The normalized spacial score (nSPS) is 12.0. The minimum absolute atomic E-state index is 0.0788. The number of aromatic nitrogens is 1. The van der Waals surface area contributed by atoms with Crippen molar-refractivity contribution in [3.63, 3.8) is 0 Å². The number of halogens is 2. The molecule has 0 aliphatic heterocycles. The van der Waals surface area contributed by atoms with Crippen LogP contribution in [0.15, 0.2) is 47.5 Å². The van der Waals surface area contributed by atoms with Crippen molar-refractivity contribution in [3.05, 3.63) is 58.2 Å². The second-order valence-electron chi connectivity index (χ2n) is 4.88. The molecule has 3 aromatic rings. The predicted molar refractivity (Wildman–Crippen MR) is 87.4 cm³/mol. The molecule has 114 valence electrons. The molecule has 7 heteroatoms. The molecule has 2 aromatic carbocycles. The number of hydrogen-bond acceptors (Lipinski definition) is 3. The summed E-state index contributed by atoms with van der Waals surface area (Å²) in [6, 6.07) is 9.24. The van der Waals surface area contributed by atoms with Crippen LogP contribution in [-0.4, -0.2) is 17.5 Å². The van der Waals surface area contributed by atoms with E-state index in [2.05, 4.69) is 0 Å². The smallest absolute Gasteiger partial charge is 0.268 e. The Labute approximate surface area is 137 Å². The first-order valence-corrected chi connectivity index (χ1v) is 8.52. The molecule has 0 unspecified atom stereocenters. The summed E-state index contributed by atoms with van der Waals surface area (Å²) in [6.45, 7) is 1.87. The van der Waals surface area contributed by atoms with Gasteiger partial charge in [-0.2, -0.15) is 0 Å². The quantitative estimate of drug-likeness (QED) is 0.749. The third-order valence-corrected chi connectivity index (χ3v) is 5.85. The molecule has 0 spiro atoms.